The van der Waals surface area contributed by atoms with Crippen molar-refractivity contribution >= 4 is 41.1 Å². The van der Waals surface area contributed by atoms with E-state index in [2.05, 4.69) is 14.8 Å². The highest BCUT2D eigenvalue weighted by atomic mass is 35.5. The van der Waals surface area contributed by atoms with Crippen molar-refractivity contribution < 1.29 is 23.9 Å². The number of amides is 2. The second-order valence-electron chi connectivity index (χ2n) is 8.83. The molecule has 2 amide bonds. The smallest absolute Gasteiger partial charge is 0.414 e. The van der Waals surface area contributed by atoms with E-state index in [0.717, 1.165) is 26.2 Å². The van der Waals surface area contributed by atoms with Crippen LogP contribution in [0, 0.1) is 0 Å². The number of piperazine rings is 1. The van der Waals surface area contributed by atoms with Gasteiger partial charge >= 0.3 is 12.1 Å². The second-order valence-corrected chi connectivity index (χ2v) is 9.23. The van der Waals surface area contributed by atoms with Crippen LogP contribution in [-0.2, 0) is 14.3 Å². The number of cyclic esters (lactones) is 1. The van der Waals surface area contributed by atoms with Gasteiger partial charge in [0.05, 0.1) is 30.3 Å². The third-order valence-electron chi connectivity index (χ3n) is 6.26. The average Bonchev–Trinajstić information content (AvgIpc) is 3.25. The highest BCUT2D eigenvalue weighted by Gasteiger charge is 2.34. The molecule has 2 aromatic rings. The van der Waals surface area contributed by atoms with Gasteiger partial charge in [0.15, 0.2) is 0 Å². The number of carbonyl (C=O) groups is 3. The van der Waals surface area contributed by atoms with Crippen LogP contribution in [0.4, 0.5) is 10.5 Å². The first-order valence-corrected chi connectivity index (χ1v) is 12.5. The number of carbonyl (C=O) groups excluding carboxylic acids is 3. The molecule has 11 heteroatoms. The van der Waals surface area contributed by atoms with E-state index < -0.39 is 12.0 Å². The fourth-order valence-electron chi connectivity index (χ4n) is 4.32. The molecule has 2 aliphatic rings. The highest BCUT2D eigenvalue weighted by molar-refractivity contribution is 6.34. The van der Waals surface area contributed by atoms with Gasteiger partial charge in [-0.25, -0.2) is 4.79 Å². The van der Waals surface area contributed by atoms with Crippen molar-refractivity contribution in [2.45, 2.75) is 13.0 Å². The minimum atomic E-state index is -0.528. The summed E-state index contributed by atoms with van der Waals surface area (Å²) in [7, 11) is 0. The Morgan fingerprint density at radius 2 is 1.76 bits per heavy atom. The monoisotopic (exact) mass is 527 g/mol. The number of halogens is 1. The molecule has 2 N–H and O–H groups in total. The zero-order chi connectivity index (χ0) is 26.4. The lowest BCUT2D eigenvalue weighted by atomic mass is 10.1. The molecule has 0 radical (unpaired) electrons. The number of anilines is 1. The summed E-state index contributed by atoms with van der Waals surface area (Å²) in [6.45, 7) is 6.61. The van der Waals surface area contributed by atoms with E-state index in [0.29, 0.717) is 42.5 Å². The fraction of sp³-hybridized carbons (Fsp3) is 0.385. The molecule has 0 aromatic heterocycles. The van der Waals surface area contributed by atoms with Crippen LogP contribution < -0.4 is 10.6 Å². The summed E-state index contributed by atoms with van der Waals surface area (Å²) in [6, 6.07) is 13.5. The first-order chi connectivity index (χ1) is 17.8. The molecule has 1 atom stereocenters. The second kappa shape index (κ2) is 12.2. The van der Waals surface area contributed by atoms with Crippen molar-refractivity contribution in [3.8, 4) is 0 Å². The van der Waals surface area contributed by atoms with Gasteiger partial charge in [0.2, 0.25) is 0 Å². The Hall–Kier alpha value is -3.47. The van der Waals surface area contributed by atoms with Crippen molar-refractivity contribution in [3.05, 3.63) is 64.7 Å². The molecule has 2 heterocycles. The first-order valence-electron chi connectivity index (χ1n) is 12.2. The fourth-order valence-corrected chi connectivity index (χ4v) is 4.53. The van der Waals surface area contributed by atoms with Crippen LogP contribution in [0.15, 0.2) is 53.5 Å². The number of hydrogen-bond acceptors (Lipinski definition) is 7. The first kappa shape index (κ1) is 26.6. The lowest BCUT2D eigenvalue weighted by Gasteiger charge is -2.34. The zero-order valence-electron chi connectivity index (χ0n) is 20.6. The van der Waals surface area contributed by atoms with Crippen molar-refractivity contribution in [1.82, 2.24) is 9.80 Å². The van der Waals surface area contributed by atoms with E-state index in [-0.39, 0.29) is 23.5 Å². The summed E-state index contributed by atoms with van der Waals surface area (Å²) in [4.78, 5) is 46.5. The largest absolute Gasteiger partial charge is 0.465 e. The predicted octanol–water partition coefficient (Wildman–Crippen LogP) is 2.39. The molecule has 2 saturated heterocycles. The van der Waals surface area contributed by atoms with Crippen molar-refractivity contribution in [3.63, 3.8) is 0 Å². The topological polar surface area (TPSA) is 118 Å². The molecular weight excluding hydrogens is 498 g/mol. The van der Waals surface area contributed by atoms with E-state index in [4.69, 9.17) is 26.8 Å². The Kier molecular flexibility index (Phi) is 8.75. The standard InChI is InChI=1S/C26H30ClN5O5/c1-2-36-23(33)17-31-13-11-30(12-14-31)15-20-16-32(26(35)37-20)19-9-7-18(8-10-19)24(28)29-25(34)21-5-3-4-6-22(21)27/h3-10,20H,2,11-17H2,1H3,(H2,28,29,34). The summed E-state index contributed by atoms with van der Waals surface area (Å²) < 4.78 is 10.6. The lowest BCUT2D eigenvalue weighted by Crippen LogP contribution is -2.50. The van der Waals surface area contributed by atoms with Crippen LogP contribution in [0.3, 0.4) is 0 Å². The molecule has 2 aromatic carbocycles. The summed E-state index contributed by atoms with van der Waals surface area (Å²) >= 11 is 6.06. The third-order valence-corrected chi connectivity index (χ3v) is 6.59. The van der Waals surface area contributed by atoms with E-state index in [1.807, 2.05) is 0 Å². The molecule has 1 unspecified atom stereocenters. The summed E-state index contributed by atoms with van der Waals surface area (Å²) in [5, 5.41) is 0.306. The molecule has 2 fully saturated rings. The van der Waals surface area contributed by atoms with Crippen LogP contribution in [0.2, 0.25) is 5.02 Å². The van der Waals surface area contributed by atoms with Crippen LogP contribution in [0.1, 0.15) is 22.8 Å². The minimum absolute atomic E-state index is 0.0560. The Labute approximate surface area is 220 Å². The van der Waals surface area contributed by atoms with E-state index in [1.165, 1.54) is 0 Å². The Bertz CT molecular complexity index is 1160. The molecule has 0 bridgehead atoms. The van der Waals surface area contributed by atoms with Crippen LogP contribution in [0.5, 0.6) is 0 Å². The van der Waals surface area contributed by atoms with Gasteiger partial charge in [0.1, 0.15) is 11.9 Å². The number of rotatable bonds is 8. The third kappa shape index (κ3) is 6.85. The summed E-state index contributed by atoms with van der Waals surface area (Å²) in [5.41, 5.74) is 7.53. The van der Waals surface area contributed by atoms with Gasteiger partial charge in [-0.1, -0.05) is 23.7 Å². The Morgan fingerprint density at radius 1 is 1.08 bits per heavy atom. The number of nitrogens with zero attached hydrogens (tertiary/aromatic N) is 4. The molecule has 4 rings (SSSR count). The number of nitrogens with two attached hydrogens (primary N) is 1. The number of amidine groups is 1. The number of ether oxygens (including phenoxy) is 2. The van der Waals surface area contributed by atoms with Crippen LogP contribution >= 0.6 is 11.6 Å². The van der Waals surface area contributed by atoms with E-state index >= 15 is 0 Å². The number of esters is 1. The Morgan fingerprint density at radius 3 is 2.43 bits per heavy atom. The summed E-state index contributed by atoms with van der Waals surface area (Å²) in [5.74, 6) is -0.678. The number of benzene rings is 2. The van der Waals surface area contributed by atoms with E-state index in [9.17, 15) is 14.4 Å². The zero-order valence-corrected chi connectivity index (χ0v) is 21.4. The van der Waals surface area contributed by atoms with Gasteiger partial charge in [-0.2, -0.15) is 4.99 Å². The normalized spacial score (nSPS) is 19.1. The molecule has 196 valence electrons. The molecule has 2 aliphatic heterocycles. The van der Waals surface area contributed by atoms with Crippen molar-refractivity contribution in [2.24, 2.45) is 10.7 Å². The van der Waals surface area contributed by atoms with Gasteiger partial charge in [0, 0.05) is 44.0 Å². The molecule has 0 spiro atoms. The van der Waals surface area contributed by atoms with Gasteiger partial charge in [-0.05, 0) is 43.3 Å². The van der Waals surface area contributed by atoms with Gasteiger partial charge in [0.25, 0.3) is 5.91 Å². The van der Waals surface area contributed by atoms with Crippen LogP contribution in [-0.4, -0.2) is 92.1 Å². The quantitative estimate of drug-likeness (QED) is 0.316. The van der Waals surface area contributed by atoms with Crippen LogP contribution in [0.25, 0.3) is 0 Å². The van der Waals surface area contributed by atoms with Gasteiger partial charge in [-0.3, -0.25) is 24.3 Å². The van der Waals surface area contributed by atoms with Gasteiger partial charge < -0.3 is 15.2 Å². The maximum Gasteiger partial charge on any atom is 0.414 e. The molecular formula is C26H30ClN5O5. The molecule has 0 aliphatic carbocycles. The van der Waals surface area contributed by atoms with E-state index in [1.54, 1.807) is 60.4 Å². The molecule has 37 heavy (non-hydrogen) atoms. The highest BCUT2D eigenvalue weighted by Crippen LogP contribution is 2.23. The number of aliphatic imine (C=N–C) groups is 1. The Balaban J connectivity index is 1.30. The minimum Gasteiger partial charge on any atom is -0.465 e. The SMILES string of the molecule is CCOC(=O)CN1CCN(CC2CN(c3ccc(C(N)=NC(=O)c4ccccc4Cl)cc3)C(=O)O2)CC1. The summed E-state index contributed by atoms with van der Waals surface area (Å²) in [6.07, 6.45) is -0.669. The molecule has 0 saturated carbocycles. The van der Waals surface area contributed by atoms with Crippen molar-refractivity contribution in [1.29, 1.82) is 0 Å². The predicted molar refractivity (Wildman–Crippen MR) is 140 cm³/mol. The average molecular weight is 528 g/mol. The van der Waals surface area contributed by atoms with Gasteiger partial charge in [-0.15, -0.1) is 0 Å². The maximum absolute atomic E-state index is 12.5. The molecule has 10 nitrogen and oxygen atoms in total. The number of hydrogen-bond donors (Lipinski definition) is 1. The maximum atomic E-state index is 12.5. The van der Waals surface area contributed by atoms with Crippen molar-refractivity contribution in [2.75, 3.05) is 57.3 Å². The lowest BCUT2D eigenvalue weighted by molar-refractivity contribution is -0.144.